The molecule has 0 spiro atoms. The normalized spacial score (nSPS) is 15.1. The number of hydrogen-bond donors (Lipinski definition) is 1. The molecule has 0 saturated carbocycles. The van der Waals surface area contributed by atoms with Gasteiger partial charge in [-0.25, -0.2) is 0 Å². The predicted molar refractivity (Wildman–Crippen MR) is 112 cm³/mol. The molecule has 3 rings (SSSR count). The van der Waals surface area contributed by atoms with Crippen LogP contribution in [0.5, 0.6) is 5.75 Å². The number of ether oxygens (including phenoxy) is 1. The molecule has 132 valence electrons. The zero-order valence-electron chi connectivity index (χ0n) is 13.9. The first kappa shape index (κ1) is 18.7. The van der Waals surface area contributed by atoms with Gasteiger partial charge in [0.1, 0.15) is 12.4 Å². The molecule has 0 fully saturated rings. The van der Waals surface area contributed by atoms with Crippen molar-refractivity contribution in [2.24, 2.45) is 4.99 Å². The van der Waals surface area contributed by atoms with Gasteiger partial charge in [-0.3, -0.25) is 9.59 Å². The van der Waals surface area contributed by atoms with E-state index in [0.29, 0.717) is 16.7 Å². The fourth-order valence-electron chi connectivity index (χ4n) is 2.22. The molecule has 1 aliphatic heterocycles. The molecule has 0 unspecified atom stereocenters. The Morgan fingerprint density at radius 2 is 2.04 bits per heavy atom. The van der Waals surface area contributed by atoms with E-state index in [9.17, 15) is 9.59 Å². The number of amidine groups is 1. The quantitative estimate of drug-likeness (QED) is 0.534. The molecule has 0 saturated heterocycles. The molecule has 5 nitrogen and oxygen atoms in total. The summed E-state index contributed by atoms with van der Waals surface area (Å²) in [6.07, 6.45) is 1.74. The van der Waals surface area contributed by atoms with Gasteiger partial charge in [-0.15, -0.1) is 0 Å². The van der Waals surface area contributed by atoms with Gasteiger partial charge in [-0.05, 0) is 75.8 Å². The topological polar surface area (TPSA) is 67.8 Å². The summed E-state index contributed by atoms with van der Waals surface area (Å²) in [6.45, 7) is 1.88. The maximum Gasteiger partial charge on any atom is 0.286 e. The van der Waals surface area contributed by atoms with Gasteiger partial charge in [0, 0.05) is 10.5 Å². The number of nitrogens with one attached hydrogen (secondary N) is 1. The van der Waals surface area contributed by atoms with Gasteiger partial charge in [-0.2, -0.15) is 4.99 Å². The van der Waals surface area contributed by atoms with Gasteiger partial charge in [0.25, 0.3) is 5.91 Å². The SMILES string of the molecule is CC(=O)NC1=NC(=O)/C(=C/c2ccc(OCc3cccc(I)c3)cc2)S1. The number of rotatable bonds is 4. The number of thioether (sulfide) groups is 1. The van der Waals surface area contributed by atoms with Crippen LogP contribution in [0, 0.1) is 3.57 Å². The van der Waals surface area contributed by atoms with Crippen LogP contribution >= 0.6 is 34.4 Å². The second-order valence-corrected chi connectivity index (χ2v) is 7.78. The van der Waals surface area contributed by atoms with Gasteiger partial charge in [-0.1, -0.05) is 24.3 Å². The van der Waals surface area contributed by atoms with Gasteiger partial charge in [0.15, 0.2) is 5.17 Å². The summed E-state index contributed by atoms with van der Waals surface area (Å²) in [6, 6.07) is 15.6. The van der Waals surface area contributed by atoms with Crippen LogP contribution in [0.4, 0.5) is 0 Å². The molecule has 0 atom stereocenters. The summed E-state index contributed by atoms with van der Waals surface area (Å²) in [5.41, 5.74) is 1.97. The molecule has 2 amide bonds. The smallest absolute Gasteiger partial charge is 0.286 e. The van der Waals surface area contributed by atoms with Crippen molar-refractivity contribution in [2.75, 3.05) is 0 Å². The Hall–Kier alpha value is -2.13. The summed E-state index contributed by atoms with van der Waals surface area (Å²) >= 11 is 3.43. The zero-order valence-corrected chi connectivity index (χ0v) is 16.8. The molecule has 26 heavy (non-hydrogen) atoms. The third-order valence-electron chi connectivity index (χ3n) is 3.38. The van der Waals surface area contributed by atoms with Crippen molar-refractivity contribution in [3.05, 3.63) is 68.1 Å². The monoisotopic (exact) mass is 478 g/mol. The first-order valence-corrected chi connectivity index (χ1v) is 9.66. The van der Waals surface area contributed by atoms with Crippen LogP contribution in [0.1, 0.15) is 18.1 Å². The molecule has 1 aliphatic rings. The lowest BCUT2D eigenvalue weighted by Crippen LogP contribution is -2.23. The second kappa shape index (κ2) is 8.50. The molecular formula is C19H15IN2O3S. The molecule has 1 heterocycles. The van der Waals surface area contributed by atoms with Crippen molar-refractivity contribution < 1.29 is 14.3 Å². The van der Waals surface area contributed by atoms with Gasteiger partial charge < -0.3 is 10.1 Å². The molecular weight excluding hydrogens is 463 g/mol. The molecule has 2 aromatic rings. The Balaban J connectivity index is 1.61. The first-order chi connectivity index (χ1) is 12.5. The standard InChI is InChI=1S/C19H15IN2O3S/c1-12(23)21-19-22-18(24)17(26-19)10-13-5-7-16(8-6-13)25-11-14-3-2-4-15(20)9-14/h2-10H,11H2,1H3,(H,21,22,23,24)/b17-10-. The molecule has 0 aliphatic carbocycles. The Kier molecular flexibility index (Phi) is 6.10. The maximum absolute atomic E-state index is 11.9. The van der Waals surface area contributed by atoms with E-state index in [2.05, 4.69) is 39.0 Å². The van der Waals surface area contributed by atoms with Crippen LogP contribution in [-0.2, 0) is 16.2 Å². The molecule has 1 N–H and O–H groups in total. The summed E-state index contributed by atoms with van der Waals surface area (Å²) in [5.74, 6) is 0.157. The van der Waals surface area contributed by atoms with Crippen molar-refractivity contribution in [1.29, 1.82) is 0 Å². The zero-order chi connectivity index (χ0) is 18.5. The highest BCUT2D eigenvalue weighted by Crippen LogP contribution is 2.28. The number of aliphatic imine (C=N–C) groups is 1. The third-order valence-corrected chi connectivity index (χ3v) is 4.95. The summed E-state index contributed by atoms with van der Waals surface area (Å²) in [5, 5.41) is 2.84. The van der Waals surface area contributed by atoms with Gasteiger partial charge >= 0.3 is 0 Å². The van der Waals surface area contributed by atoms with Crippen LogP contribution < -0.4 is 10.1 Å². The van der Waals surface area contributed by atoms with Crippen molar-refractivity contribution in [3.8, 4) is 5.75 Å². The van der Waals surface area contributed by atoms with Crippen LogP contribution in [-0.4, -0.2) is 17.0 Å². The van der Waals surface area contributed by atoms with E-state index in [4.69, 9.17) is 4.74 Å². The van der Waals surface area contributed by atoms with E-state index >= 15 is 0 Å². The van der Waals surface area contributed by atoms with Crippen molar-refractivity contribution in [2.45, 2.75) is 13.5 Å². The van der Waals surface area contributed by atoms with Crippen molar-refractivity contribution in [1.82, 2.24) is 5.32 Å². The molecule has 2 aromatic carbocycles. The average Bonchev–Trinajstić information content (AvgIpc) is 2.93. The number of benzene rings is 2. The molecule has 0 radical (unpaired) electrons. The summed E-state index contributed by atoms with van der Waals surface area (Å²) < 4.78 is 6.96. The van der Waals surface area contributed by atoms with Crippen LogP contribution in [0.2, 0.25) is 0 Å². The van der Waals surface area contributed by atoms with Crippen molar-refractivity contribution >= 4 is 57.4 Å². The van der Waals surface area contributed by atoms with Gasteiger partial charge in [0.2, 0.25) is 5.91 Å². The lowest BCUT2D eigenvalue weighted by molar-refractivity contribution is -0.117. The number of halogens is 1. The van der Waals surface area contributed by atoms with Gasteiger partial charge in [0.05, 0.1) is 4.91 Å². The Morgan fingerprint density at radius 1 is 1.27 bits per heavy atom. The van der Waals surface area contributed by atoms with Crippen LogP contribution in [0.15, 0.2) is 58.4 Å². The maximum atomic E-state index is 11.9. The predicted octanol–water partition coefficient (Wildman–Crippen LogP) is 3.98. The van der Waals surface area contributed by atoms with E-state index < -0.39 is 0 Å². The minimum Gasteiger partial charge on any atom is -0.489 e. The first-order valence-electron chi connectivity index (χ1n) is 7.77. The van der Waals surface area contributed by atoms with Crippen LogP contribution in [0.3, 0.4) is 0 Å². The van der Waals surface area contributed by atoms with Crippen molar-refractivity contribution in [3.63, 3.8) is 0 Å². The summed E-state index contributed by atoms with van der Waals surface area (Å²) in [4.78, 5) is 27.2. The fourth-order valence-corrected chi connectivity index (χ4v) is 3.69. The largest absolute Gasteiger partial charge is 0.489 e. The minimum atomic E-state index is -0.349. The Bertz CT molecular complexity index is 907. The highest BCUT2D eigenvalue weighted by atomic mass is 127. The number of carbonyl (C=O) groups is 2. The lowest BCUT2D eigenvalue weighted by Gasteiger charge is -2.07. The number of nitrogens with zero attached hydrogens (tertiary/aromatic N) is 1. The molecule has 0 aromatic heterocycles. The third kappa shape index (κ3) is 5.18. The second-order valence-electron chi connectivity index (χ2n) is 5.50. The van der Waals surface area contributed by atoms with E-state index in [1.54, 1.807) is 6.08 Å². The Morgan fingerprint density at radius 3 is 2.73 bits per heavy atom. The van der Waals surface area contributed by atoms with Crippen LogP contribution in [0.25, 0.3) is 6.08 Å². The summed E-state index contributed by atoms with van der Waals surface area (Å²) in [7, 11) is 0. The van der Waals surface area contributed by atoms with E-state index in [1.165, 1.54) is 10.5 Å². The highest BCUT2D eigenvalue weighted by Gasteiger charge is 2.22. The number of amides is 2. The number of hydrogen-bond acceptors (Lipinski definition) is 4. The fraction of sp³-hybridized carbons (Fsp3) is 0.105. The minimum absolute atomic E-state index is 0.250. The van der Waals surface area contributed by atoms with E-state index in [-0.39, 0.29) is 11.8 Å². The van der Waals surface area contributed by atoms with E-state index in [0.717, 1.165) is 28.6 Å². The average molecular weight is 478 g/mol. The Labute approximate surface area is 169 Å². The highest BCUT2D eigenvalue weighted by molar-refractivity contribution is 14.1. The number of carbonyl (C=O) groups excluding carboxylic acids is 2. The molecule has 7 heteroatoms. The molecule has 0 bridgehead atoms. The lowest BCUT2D eigenvalue weighted by atomic mass is 10.2. The van der Waals surface area contributed by atoms with E-state index in [1.807, 2.05) is 42.5 Å².